The van der Waals surface area contributed by atoms with Crippen LogP contribution in [0.25, 0.3) is 28.1 Å². The molecule has 4 heteroatoms. The SMILES string of the molecule is COc1cccc(C=CC(=O)c2c(C)nc3ccc(Br)cc3c2-c2ccccc2)c1. The van der Waals surface area contributed by atoms with Crippen LogP contribution in [-0.2, 0) is 0 Å². The van der Waals surface area contributed by atoms with Crippen molar-refractivity contribution in [2.24, 2.45) is 0 Å². The molecule has 0 aliphatic rings. The lowest BCUT2D eigenvalue weighted by atomic mass is 9.92. The quantitative estimate of drug-likeness (QED) is 0.242. The summed E-state index contributed by atoms with van der Waals surface area (Å²) in [5.41, 5.74) is 4.99. The van der Waals surface area contributed by atoms with Crippen LogP contribution >= 0.6 is 15.9 Å². The Balaban J connectivity index is 1.88. The minimum atomic E-state index is -0.0800. The van der Waals surface area contributed by atoms with E-state index in [2.05, 4.69) is 15.9 Å². The lowest BCUT2D eigenvalue weighted by Crippen LogP contribution is -2.05. The van der Waals surface area contributed by atoms with Crippen LogP contribution in [0.15, 0.2) is 83.3 Å². The first-order chi connectivity index (χ1) is 14.6. The summed E-state index contributed by atoms with van der Waals surface area (Å²) in [6.07, 6.45) is 3.42. The number of aryl methyl sites for hydroxylation is 1. The van der Waals surface area contributed by atoms with Gasteiger partial charge in [-0.2, -0.15) is 0 Å². The number of fused-ring (bicyclic) bond motifs is 1. The van der Waals surface area contributed by atoms with Gasteiger partial charge in [0.25, 0.3) is 0 Å². The Hall–Kier alpha value is -3.24. The van der Waals surface area contributed by atoms with Gasteiger partial charge in [0, 0.05) is 21.1 Å². The summed E-state index contributed by atoms with van der Waals surface area (Å²) in [6, 6.07) is 23.6. The molecule has 4 rings (SSSR count). The lowest BCUT2D eigenvalue weighted by Gasteiger charge is -2.14. The van der Waals surface area contributed by atoms with Crippen LogP contribution in [0, 0.1) is 6.92 Å². The normalized spacial score (nSPS) is 11.2. The Bertz CT molecular complexity index is 1260. The molecular formula is C26H20BrNO2. The van der Waals surface area contributed by atoms with Gasteiger partial charge in [0.15, 0.2) is 5.78 Å². The monoisotopic (exact) mass is 457 g/mol. The van der Waals surface area contributed by atoms with Crippen molar-refractivity contribution in [3.05, 3.63) is 100 Å². The van der Waals surface area contributed by atoms with Crippen molar-refractivity contribution in [2.75, 3.05) is 7.11 Å². The molecule has 1 heterocycles. The van der Waals surface area contributed by atoms with E-state index in [0.717, 1.165) is 37.8 Å². The average Bonchev–Trinajstić information content (AvgIpc) is 2.77. The van der Waals surface area contributed by atoms with Crippen molar-refractivity contribution in [1.29, 1.82) is 0 Å². The Kier molecular flexibility index (Phi) is 5.77. The third kappa shape index (κ3) is 4.05. The third-order valence-electron chi connectivity index (χ3n) is 4.96. The molecule has 3 aromatic carbocycles. The van der Waals surface area contributed by atoms with Gasteiger partial charge in [0.2, 0.25) is 0 Å². The van der Waals surface area contributed by atoms with E-state index in [9.17, 15) is 4.79 Å². The van der Waals surface area contributed by atoms with Crippen LogP contribution in [0.3, 0.4) is 0 Å². The highest BCUT2D eigenvalue weighted by atomic mass is 79.9. The molecule has 0 radical (unpaired) electrons. The molecule has 3 nitrogen and oxygen atoms in total. The maximum absolute atomic E-state index is 13.3. The van der Waals surface area contributed by atoms with Gasteiger partial charge in [-0.1, -0.05) is 64.5 Å². The smallest absolute Gasteiger partial charge is 0.188 e. The molecule has 0 N–H and O–H groups in total. The van der Waals surface area contributed by atoms with Gasteiger partial charge >= 0.3 is 0 Å². The zero-order chi connectivity index (χ0) is 21.1. The van der Waals surface area contributed by atoms with Crippen molar-refractivity contribution in [3.63, 3.8) is 0 Å². The predicted molar refractivity (Wildman–Crippen MR) is 126 cm³/mol. The minimum absolute atomic E-state index is 0.0800. The maximum Gasteiger partial charge on any atom is 0.188 e. The molecule has 0 saturated carbocycles. The molecule has 0 bridgehead atoms. The van der Waals surface area contributed by atoms with E-state index in [-0.39, 0.29) is 5.78 Å². The Morgan fingerprint density at radius 2 is 1.80 bits per heavy atom. The first-order valence-electron chi connectivity index (χ1n) is 9.58. The summed E-state index contributed by atoms with van der Waals surface area (Å²) in [7, 11) is 1.63. The zero-order valence-corrected chi connectivity index (χ0v) is 18.3. The second-order valence-electron chi connectivity index (χ2n) is 6.95. The summed E-state index contributed by atoms with van der Waals surface area (Å²) in [4.78, 5) is 18.1. The topological polar surface area (TPSA) is 39.2 Å². The maximum atomic E-state index is 13.3. The number of nitrogens with zero attached hydrogens (tertiary/aromatic N) is 1. The van der Waals surface area contributed by atoms with E-state index in [0.29, 0.717) is 11.3 Å². The van der Waals surface area contributed by atoms with Crippen LogP contribution in [0.4, 0.5) is 0 Å². The van der Waals surface area contributed by atoms with Gasteiger partial charge in [-0.3, -0.25) is 9.78 Å². The summed E-state index contributed by atoms with van der Waals surface area (Å²) >= 11 is 3.56. The van der Waals surface area contributed by atoms with Crippen molar-refractivity contribution < 1.29 is 9.53 Å². The first kappa shape index (κ1) is 20.0. The summed E-state index contributed by atoms with van der Waals surface area (Å²) < 4.78 is 6.22. The van der Waals surface area contributed by atoms with Gasteiger partial charge in [-0.05, 0) is 54.5 Å². The molecule has 0 amide bonds. The highest BCUT2D eigenvalue weighted by Gasteiger charge is 2.19. The van der Waals surface area contributed by atoms with E-state index in [1.807, 2.05) is 85.8 Å². The van der Waals surface area contributed by atoms with Gasteiger partial charge in [-0.15, -0.1) is 0 Å². The Labute approximate surface area is 184 Å². The number of hydrogen-bond acceptors (Lipinski definition) is 3. The zero-order valence-electron chi connectivity index (χ0n) is 16.7. The second-order valence-corrected chi connectivity index (χ2v) is 7.86. The minimum Gasteiger partial charge on any atom is -0.497 e. The van der Waals surface area contributed by atoms with Gasteiger partial charge in [0.05, 0.1) is 18.2 Å². The standard InChI is InChI=1S/C26H20BrNO2/c1-17-25(24(29)14-11-18-7-6-10-21(15-18)30-2)26(19-8-4-3-5-9-19)22-16-20(27)12-13-23(22)28-17/h3-16H,1-2H3. The average molecular weight is 458 g/mol. The number of methoxy groups -OCH3 is 1. The number of ether oxygens (including phenoxy) is 1. The molecule has 0 aliphatic carbocycles. The Morgan fingerprint density at radius 1 is 1.00 bits per heavy atom. The number of rotatable bonds is 5. The number of carbonyl (C=O) groups is 1. The van der Waals surface area contributed by atoms with Gasteiger partial charge < -0.3 is 4.74 Å². The van der Waals surface area contributed by atoms with Crippen molar-refractivity contribution in [2.45, 2.75) is 6.92 Å². The summed E-state index contributed by atoms with van der Waals surface area (Å²) in [5, 5.41) is 0.944. The molecule has 0 fully saturated rings. The Morgan fingerprint density at radius 3 is 2.57 bits per heavy atom. The number of benzene rings is 3. The summed E-state index contributed by atoms with van der Waals surface area (Å²) in [5.74, 6) is 0.673. The molecule has 0 saturated heterocycles. The predicted octanol–water partition coefficient (Wildman–Crippen LogP) is 6.88. The van der Waals surface area contributed by atoms with Crippen LogP contribution in [-0.4, -0.2) is 17.9 Å². The van der Waals surface area contributed by atoms with Gasteiger partial charge in [-0.25, -0.2) is 0 Å². The fraction of sp³-hybridized carbons (Fsp3) is 0.0769. The van der Waals surface area contributed by atoms with Crippen LogP contribution in [0.1, 0.15) is 21.6 Å². The number of pyridine rings is 1. The number of allylic oxidation sites excluding steroid dienone is 1. The lowest BCUT2D eigenvalue weighted by molar-refractivity contribution is 0.104. The highest BCUT2D eigenvalue weighted by Crippen LogP contribution is 2.35. The molecule has 148 valence electrons. The van der Waals surface area contributed by atoms with Crippen LogP contribution in [0.2, 0.25) is 0 Å². The molecule has 0 spiro atoms. The second kappa shape index (κ2) is 8.64. The number of halogens is 1. The van der Waals surface area contributed by atoms with E-state index in [4.69, 9.17) is 9.72 Å². The van der Waals surface area contributed by atoms with E-state index in [1.165, 1.54) is 0 Å². The third-order valence-corrected chi connectivity index (χ3v) is 5.45. The number of aromatic nitrogens is 1. The van der Waals surface area contributed by atoms with E-state index < -0.39 is 0 Å². The molecule has 0 atom stereocenters. The largest absolute Gasteiger partial charge is 0.497 e. The molecule has 4 aromatic rings. The molecule has 30 heavy (non-hydrogen) atoms. The first-order valence-corrected chi connectivity index (χ1v) is 10.4. The fourth-order valence-corrected chi connectivity index (χ4v) is 3.93. The number of carbonyl (C=O) groups excluding carboxylic acids is 1. The van der Waals surface area contributed by atoms with Crippen molar-refractivity contribution in [1.82, 2.24) is 4.98 Å². The number of ketones is 1. The molecule has 0 aliphatic heterocycles. The highest BCUT2D eigenvalue weighted by molar-refractivity contribution is 9.10. The molecular weight excluding hydrogens is 438 g/mol. The number of hydrogen-bond donors (Lipinski definition) is 0. The van der Waals surface area contributed by atoms with Crippen LogP contribution in [0.5, 0.6) is 5.75 Å². The van der Waals surface area contributed by atoms with Crippen molar-refractivity contribution in [3.8, 4) is 16.9 Å². The van der Waals surface area contributed by atoms with Crippen LogP contribution < -0.4 is 4.74 Å². The molecule has 1 aromatic heterocycles. The summed E-state index contributed by atoms with van der Waals surface area (Å²) in [6.45, 7) is 1.89. The van der Waals surface area contributed by atoms with E-state index >= 15 is 0 Å². The van der Waals surface area contributed by atoms with E-state index in [1.54, 1.807) is 13.2 Å². The molecule has 0 unspecified atom stereocenters. The van der Waals surface area contributed by atoms with Crippen molar-refractivity contribution >= 4 is 38.7 Å². The van der Waals surface area contributed by atoms with Gasteiger partial charge in [0.1, 0.15) is 5.75 Å². The fourth-order valence-electron chi connectivity index (χ4n) is 3.56.